The van der Waals surface area contributed by atoms with E-state index in [0.717, 1.165) is 29.0 Å². The number of thioether (sulfide) groups is 1. The minimum atomic E-state index is -0.254. The molecule has 3 aromatic rings. The van der Waals surface area contributed by atoms with Crippen molar-refractivity contribution in [1.29, 1.82) is 0 Å². The molecular formula is C20H18N4O2S. The number of ketones is 1. The minimum absolute atomic E-state index is 0.0460. The second-order valence-electron chi connectivity index (χ2n) is 6.74. The summed E-state index contributed by atoms with van der Waals surface area (Å²) in [4.78, 5) is 17.8. The fourth-order valence-electron chi connectivity index (χ4n) is 3.95. The van der Waals surface area contributed by atoms with Crippen LogP contribution >= 0.6 is 11.8 Å². The predicted octanol–water partition coefficient (Wildman–Crippen LogP) is 4.01. The molecular weight excluding hydrogens is 360 g/mol. The average molecular weight is 378 g/mol. The van der Waals surface area contributed by atoms with Crippen LogP contribution in [0.4, 0.5) is 5.95 Å². The van der Waals surface area contributed by atoms with E-state index >= 15 is 0 Å². The number of furan rings is 1. The second kappa shape index (κ2) is 6.42. The van der Waals surface area contributed by atoms with E-state index in [1.54, 1.807) is 6.26 Å². The van der Waals surface area contributed by atoms with Crippen molar-refractivity contribution < 1.29 is 9.21 Å². The van der Waals surface area contributed by atoms with Gasteiger partial charge in [0, 0.05) is 23.6 Å². The van der Waals surface area contributed by atoms with Gasteiger partial charge in [0.1, 0.15) is 11.8 Å². The molecule has 1 N–H and O–H groups in total. The molecule has 0 radical (unpaired) electrons. The van der Waals surface area contributed by atoms with Gasteiger partial charge in [0.2, 0.25) is 11.1 Å². The van der Waals surface area contributed by atoms with Crippen LogP contribution in [0.1, 0.15) is 36.1 Å². The van der Waals surface area contributed by atoms with Gasteiger partial charge < -0.3 is 9.73 Å². The third-order valence-corrected chi connectivity index (χ3v) is 5.68. The molecule has 0 amide bonds. The van der Waals surface area contributed by atoms with Crippen LogP contribution in [0.15, 0.2) is 69.6 Å². The molecule has 0 saturated carbocycles. The van der Waals surface area contributed by atoms with Crippen LogP contribution in [0, 0.1) is 0 Å². The van der Waals surface area contributed by atoms with Crippen molar-refractivity contribution in [2.24, 2.45) is 0 Å². The highest BCUT2D eigenvalue weighted by atomic mass is 32.2. The summed E-state index contributed by atoms with van der Waals surface area (Å²) in [5, 5.41) is 8.68. The first-order valence-electron chi connectivity index (χ1n) is 8.86. The average Bonchev–Trinajstić information content (AvgIpc) is 3.36. The fraction of sp³-hybridized carbons (Fsp3) is 0.250. The van der Waals surface area contributed by atoms with Gasteiger partial charge in [-0.3, -0.25) is 4.79 Å². The summed E-state index contributed by atoms with van der Waals surface area (Å²) in [6.07, 6.45) is 4.77. The Labute approximate surface area is 160 Å². The van der Waals surface area contributed by atoms with Crippen molar-refractivity contribution in [3.63, 3.8) is 0 Å². The summed E-state index contributed by atoms with van der Waals surface area (Å²) in [5.74, 6) is 1.71. The van der Waals surface area contributed by atoms with Crippen molar-refractivity contribution in [3.8, 4) is 0 Å². The Bertz CT molecular complexity index is 1020. The van der Waals surface area contributed by atoms with E-state index in [9.17, 15) is 4.79 Å². The lowest BCUT2D eigenvalue weighted by Gasteiger charge is -2.34. The molecule has 0 unspecified atom stereocenters. The zero-order chi connectivity index (χ0) is 18.4. The first kappa shape index (κ1) is 16.4. The Morgan fingerprint density at radius 2 is 2.04 bits per heavy atom. The van der Waals surface area contributed by atoms with Crippen LogP contribution in [0.3, 0.4) is 0 Å². The Morgan fingerprint density at radius 3 is 2.78 bits per heavy atom. The van der Waals surface area contributed by atoms with Crippen LogP contribution in [0.2, 0.25) is 0 Å². The number of aromatic nitrogens is 3. The van der Waals surface area contributed by atoms with Gasteiger partial charge in [-0.1, -0.05) is 42.1 Å². The highest BCUT2D eigenvalue weighted by Crippen LogP contribution is 2.44. The van der Waals surface area contributed by atoms with Gasteiger partial charge in [-0.25, -0.2) is 4.68 Å². The molecule has 1 aliphatic heterocycles. The molecule has 136 valence electrons. The first-order valence-corrected chi connectivity index (χ1v) is 10.1. The molecule has 1 aliphatic carbocycles. The van der Waals surface area contributed by atoms with Gasteiger partial charge in [0.25, 0.3) is 0 Å². The van der Waals surface area contributed by atoms with Crippen molar-refractivity contribution in [1.82, 2.24) is 14.8 Å². The molecule has 1 aromatic carbocycles. The van der Waals surface area contributed by atoms with E-state index in [1.807, 2.05) is 53.4 Å². The van der Waals surface area contributed by atoms with Crippen LogP contribution in [-0.2, 0) is 4.79 Å². The summed E-state index contributed by atoms with van der Waals surface area (Å²) in [6, 6.07) is 13.6. The minimum Gasteiger partial charge on any atom is -0.469 e. The summed E-state index contributed by atoms with van der Waals surface area (Å²) in [5.41, 5.74) is 2.75. The number of carbonyl (C=O) groups is 1. The summed E-state index contributed by atoms with van der Waals surface area (Å²) < 4.78 is 7.40. The van der Waals surface area contributed by atoms with E-state index in [2.05, 4.69) is 15.4 Å². The van der Waals surface area contributed by atoms with Gasteiger partial charge in [-0.05, 0) is 30.4 Å². The molecule has 2 aromatic heterocycles. The smallest absolute Gasteiger partial charge is 0.227 e. The maximum Gasteiger partial charge on any atom is 0.227 e. The van der Waals surface area contributed by atoms with Gasteiger partial charge >= 0.3 is 0 Å². The second-order valence-corrected chi connectivity index (χ2v) is 7.51. The van der Waals surface area contributed by atoms with Crippen LogP contribution < -0.4 is 5.32 Å². The van der Waals surface area contributed by atoms with Crippen molar-refractivity contribution >= 4 is 23.5 Å². The van der Waals surface area contributed by atoms with E-state index in [0.29, 0.717) is 17.5 Å². The molecule has 2 atom stereocenters. The summed E-state index contributed by atoms with van der Waals surface area (Å²) >= 11 is 1.49. The third kappa shape index (κ3) is 2.70. The summed E-state index contributed by atoms with van der Waals surface area (Å²) in [6.45, 7) is 0. The molecule has 0 fully saturated rings. The van der Waals surface area contributed by atoms with Gasteiger partial charge in [0.15, 0.2) is 5.78 Å². The zero-order valence-corrected chi connectivity index (χ0v) is 15.6. The van der Waals surface area contributed by atoms with E-state index in [1.165, 1.54) is 11.8 Å². The van der Waals surface area contributed by atoms with Gasteiger partial charge in [-0.15, -0.1) is 5.10 Å². The molecule has 0 saturated heterocycles. The molecule has 27 heavy (non-hydrogen) atoms. The van der Waals surface area contributed by atoms with Crippen LogP contribution in [0.5, 0.6) is 0 Å². The Hall–Kier alpha value is -2.80. The normalized spacial score (nSPS) is 21.6. The Morgan fingerprint density at radius 1 is 1.19 bits per heavy atom. The Kier molecular flexibility index (Phi) is 3.89. The number of anilines is 1. The summed E-state index contributed by atoms with van der Waals surface area (Å²) in [7, 11) is 0. The largest absolute Gasteiger partial charge is 0.469 e. The lowest BCUT2D eigenvalue weighted by molar-refractivity contribution is -0.117. The molecule has 2 aliphatic rings. The number of hydrogen-bond donors (Lipinski definition) is 1. The standard InChI is InChI=1S/C20H18N4O2S/c1-27-20-22-19-21-14-10-13(16-8-5-9-26-16)11-15(25)17(14)18(24(19)23-20)12-6-3-2-4-7-12/h2-9,13,18H,10-11H2,1H3,(H,21,22,23)/t13-,18+/m1/s1. The first-order chi connectivity index (χ1) is 13.2. The molecule has 7 heteroatoms. The predicted molar refractivity (Wildman–Crippen MR) is 103 cm³/mol. The maximum absolute atomic E-state index is 13.2. The quantitative estimate of drug-likeness (QED) is 0.694. The fourth-order valence-corrected chi connectivity index (χ4v) is 4.29. The third-order valence-electron chi connectivity index (χ3n) is 5.14. The number of fused-ring (bicyclic) bond motifs is 1. The number of benzene rings is 1. The van der Waals surface area contributed by atoms with Crippen molar-refractivity contribution in [3.05, 3.63) is 71.3 Å². The number of nitrogens with one attached hydrogen (secondary N) is 1. The van der Waals surface area contributed by atoms with E-state index in [-0.39, 0.29) is 17.7 Å². The van der Waals surface area contributed by atoms with Gasteiger partial charge in [-0.2, -0.15) is 4.98 Å². The molecule has 0 bridgehead atoms. The van der Waals surface area contributed by atoms with Crippen molar-refractivity contribution in [2.75, 3.05) is 11.6 Å². The molecule has 0 spiro atoms. The SMILES string of the molecule is CSc1nc2n(n1)[C@@H](c1ccccc1)C1=C(C[C@@H](c3ccco3)CC1=O)N2. The topological polar surface area (TPSA) is 73.0 Å². The maximum atomic E-state index is 13.2. The lowest BCUT2D eigenvalue weighted by Crippen LogP contribution is -2.33. The monoisotopic (exact) mass is 378 g/mol. The number of allylic oxidation sites excluding steroid dienone is 2. The lowest BCUT2D eigenvalue weighted by atomic mass is 9.79. The number of carbonyl (C=O) groups excluding carboxylic acids is 1. The number of Topliss-reactive ketones (excluding diaryl/α,β-unsaturated/α-hetero) is 1. The van der Waals surface area contributed by atoms with E-state index in [4.69, 9.17) is 4.42 Å². The number of hydrogen-bond acceptors (Lipinski definition) is 6. The molecule has 3 heterocycles. The number of rotatable bonds is 3. The molecule has 6 nitrogen and oxygen atoms in total. The zero-order valence-electron chi connectivity index (χ0n) is 14.8. The Balaban J connectivity index is 1.63. The van der Waals surface area contributed by atoms with Gasteiger partial charge in [0.05, 0.1) is 6.26 Å². The van der Waals surface area contributed by atoms with E-state index < -0.39 is 0 Å². The highest BCUT2D eigenvalue weighted by Gasteiger charge is 2.40. The van der Waals surface area contributed by atoms with Crippen LogP contribution in [-0.4, -0.2) is 26.8 Å². The van der Waals surface area contributed by atoms with Crippen LogP contribution in [0.25, 0.3) is 0 Å². The molecule has 5 rings (SSSR count). The highest BCUT2D eigenvalue weighted by molar-refractivity contribution is 7.98. The van der Waals surface area contributed by atoms with Crippen molar-refractivity contribution in [2.45, 2.75) is 30.0 Å². The number of nitrogens with zero attached hydrogens (tertiary/aromatic N) is 3.